The van der Waals surface area contributed by atoms with Crippen LogP contribution in [0, 0.1) is 5.82 Å². The first-order chi connectivity index (χ1) is 10.6. The molecule has 0 saturated carbocycles. The van der Waals surface area contributed by atoms with Crippen LogP contribution in [-0.2, 0) is 4.79 Å². The highest BCUT2D eigenvalue weighted by molar-refractivity contribution is 9.10. The average molecular weight is 372 g/mol. The molecule has 1 fully saturated rings. The molecule has 0 aliphatic carbocycles. The number of piperidine rings is 1. The normalized spacial score (nSPS) is 17.8. The molecule has 1 aliphatic rings. The predicted octanol–water partition coefficient (Wildman–Crippen LogP) is 1.58. The lowest BCUT2D eigenvalue weighted by Crippen LogP contribution is -2.46. The first-order valence-corrected chi connectivity index (χ1v) is 8.09. The lowest BCUT2D eigenvalue weighted by Gasteiger charge is -2.23. The zero-order chi connectivity index (χ0) is 15.9. The van der Waals surface area contributed by atoms with Crippen molar-refractivity contribution in [3.8, 4) is 0 Å². The summed E-state index contributed by atoms with van der Waals surface area (Å²) in [6.07, 6.45) is 2.23. The second-order valence-corrected chi connectivity index (χ2v) is 6.10. The minimum Gasteiger partial charge on any atom is -0.352 e. The highest BCUT2D eigenvalue weighted by Gasteiger charge is 2.16. The van der Waals surface area contributed by atoms with Crippen LogP contribution in [0.1, 0.15) is 29.6 Å². The van der Waals surface area contributed by atoms with E-state index < -0.39 is 11.7 Å². The Balaban J connectivity index is 1.74. The Morgan fingerprint density at radius 1 is 1.41 bits per heavy atom. The molecule has 1 aliphatic heterocycles. The van der Waals surface area contributed by atoms with Gasteiger partial charge < -0.3 is 16.0 Å². The number of amides is 2. The second kappa shape index (κ2) is 8.24. The van der Waals surface area contributed by atoms with E-state index in [1.165, 1.54) is 12.1 Å². The lowest BCUT2D eigenvalue weighted by molar-refractivity contribution is -0.121. The number of hydrogen-bond donors (Lipinski definition) is 3. The van der Waals surface area contributed by atoms with Crippen LogP contribution >= 0.6 is 15.9 Å². The van der Waals surface area contributed by atoms with Crippen LogP contribution < -0.4 is 16.0 Å². The van der Waals surface area contributed by atoms with Gasteiger partial charge in [0.25, 0.3) is 5.91 Å². The Hall–Kier alpha value is -1.47. The summed E-state index contributed by atoms with van der Waals surface area (Å²) in [5, 5.41) is 8.78. The molecule has 120 valence electrons. The minimum absolute atomic E-state index is 0.0905. The third-order valence-electron chi connectivity index (χ3n) is 3.47. The van der Waals surface area contributed by atoms with Gasteiger partial charge in [0.15, 0.2) is 0 Å². The molecule has 5 nitrogen and oxygen atoms in total. The highest BCUT2D eigenvalue weighted by atomic mass is 79.9. The highest BCUT2D eigenvalue weighted by Crippen LogP contribution is 2.17. The SMILES string of the molecule is O=C(CCNC(=O)c1cc(F)ccc1Br)N[C@H]1CCCNC1. The Morgan fingerprint density at radius 2 is 2.23 bits per heavy atom. The molecule has 7 heteroatoms. The van der Waals surface area contributed by atoms with Gasteiger partial charge in [0.05, 0.1) is 5.56 Å². The molecular weight excluding hydrogens is 353 g/mol. The van der Waals surface area contributed by atoms with Gasteiger partial charge in [-0.15, -0.1) is 0 Å². The van der Waals surface area contributed by atoms with E-state index >= 15 is 0 Å². The quantitative estimate of drug-likeness (QED) is 0.735. The van der Waals surface area contributed by atoms with Crippen LogP contribution in [0.25, 0.3) is 0 Å². The van der Waals surface area contributed by atoms with Crippen molar-refractivity contribution in [2.75, 3.05) is 19.6 Å². The maximum atomic E-state index is 13.1. The molecule has 1 heterocycles. The maximum absolute atomic E-state index is 13.1. The van der Waals surface area contributed by atoms with E-state index in [0.29, 0.717) is 4.47 Å². The monoisotopic (exact) mass is 371 g/mol. The summed E-state index contributed by atoms with van der Waals surface area (Å²) in [5.41, 5.74) is 0.219. The Labute approximate surface area is 137 Å². The molecule has 2 rings (SSSR count). The van der Waals surface area contributed by atoms with Crippen molar-refractivity contribution in [1.29, 1.82) is 0 Å². The first kappa shape index (κ1) is 16.9. The topological polar surface area (TPSA) is 70.2 Å². The van der Waals surface area contributed by atoms with Crippen LogP contribution in [-0.4, -0.2) is 37.5 Å². The van der Waals surface area contributed by atoms with E-state index in [0.717, 1.165) is 32.0 Å². The summed E-state index contributed by atoms with van der Waals surface area (Å²) in [4.78, 5) is 23.7. The van der Waals surface area contributed by atoms with Crippen LogP contribution in [0.4, 0.5) is 4.39 Å². The fourth-order valence-corrected chi connectivity index (χ4v) is 2.76. The van der Waals surface area contributed by atoms with Crippen molar-refractivity contribution in [3.63, 3.8) is 0 Å². The third kappa shape index (κ3) is 5.06. The molecule has 0 aromatic heterocycles. The van der Waals surface area contributed by atoms with E-state index in [2.05, 4.69) is 31.9 Å². The zero-order valence-electron chi connectivity index (χ0n) is 12.1. The van der Waals surface area contributed by atoms with Gasteiger partial charge in [0.2, 0.25) is 5.91 Å². The van der Waals surface area contributed by atoms with Crippen molar-refractivity contribution >= 4 is 27.7 Å². The van der Waals surface area contributed by atoms with Crippen LogP contribution in [0.5, 0.6) is 0 Å². The molecule has 2 amide bonds. The molecular formula is C15H19BrFN3O2. The van der Waals surface area contributed by atoms with Gasteiger partial charge in [-0.1, -0.05) is 0 Å². The number of benzene rings is 1. The largest absolute Gasteiger partial charge is 0.352 e. The molecule has 0 spiro atoms. The number of nitrogens with one attached hydrogen (secondary N) is 3. The summed E-state index contributed by atoms with van der Waals surface area (Å²) >= 11 is 3.20. The number of hydrogen-bond acceptors (Lipinski definition) is 3. The van der Waals surface area contributed by atoms with E-state index in [-0.39, 0.29) is 30.5 Å². The molecule has 1 atom stereocenters. The van der Waals surface area contributed by atoms with Gasteiger partial charge in [-0.25, -0.2) is 4.39 Å². The molecule has 1 aromatic rings. The van der Waals surface area contributed by atoms with Gasteiger partial charge in [0, 0.05) is 30.0 Å². The molecule has 22 heavy (non-hydrogen) atoms. The van der Waals surface area contributed by atoms with Gasteiger partial charge in [0.1, 0.15) is 5.82 Å². The number of carbonyl (C=O) groups is 2. The van der Waals surface area contributed by atoms with Gasteiger partial charge in [-0.3, -0.25) is 9.59 Å². The first-order valence-electron chi connectivity index (χ1n) is 7.29. The Kier molecular flexibility index (Phi) is 6.33. The predicted molar refractivity (Wildman–Crippen MR) is 85.1 cm³/mol. The van der Waals surface area contributed by atoms with E-state index in [4.69, 9.17) is 0 Å². The van der Waals surface area contributed by atoms with Crippen molar-refractivity contribution < 1.29 is 14.0 Å². The third-order valence-corrected chi connectivity index (χ3v) is 4.16. The van der Waals surface area contributed by atoms with E-state index in [9.17, 15) is 14.0 Å². The van der Waals surface area contributed by atoms with Crippen LogP contribution in [0.2, 0.25) is 0 Å². The van der Waals surface area contributed by atoms with Crippen molar-refractivity contribution in [2.24, 2.45) is 0 Å². The summed E-state index contributed by atoms with van der Waals surface area (Å²) in [5.74, 6) is -0.971. The van der Waals surface area contributed by atoms with Crippen molar-refractivity contribution in [3.05, 3.63) is 34.1 Å². The fourth-order valence-electron chi connectivity index (χ4n) is 2.33. The van der Waals surface area contributed by atoms with Gasteiger partial charge in [-0.05, 0) is 53.5 Å². The Morgan fingerprint density at radius 3 is 2.95 bits per heavy atom. The Bertz CT molecular complexity index is 548. The number of rotatable bonds is 5. The standard InChI is InChI=1S/C15H19BrFN3O2/c16-13-4-3-10(17)8-12(13)15(22)19-7-5-14(21)20-11-2-1-6-18-9-11/h3-4,8,11,18H,1-2,5-7,9H2,(H,19,22)(H,20,21)/t11-/m0/s1. The number of halogens is 2. The average Bonchev–Trinajstić information content (AvgIpc) is 2.50. The second-order valence-electron chi connectivity index (χ2n) is 5.24. The summed E-state index contributed by atoms with van der Waals surface area (Å²) < 4.78 is 13.7. The lowest BCUT2D eigenvalue weighted by atomic mass is 10.1. The summed E-state index contributed by atoms with van der Waals surface area (Å²) in [6.45, 7) is 1.99. The van der Waals surface area contributed by atoms with Crippen molar-refractivity contribution in [1.82, 2.24) is 16.0 Å². The van der Waals surface area contributed by atoms with Crippen LogP contribution in [0.3, 0.4) is 0 Å². The molecule has 1 saturated heterocycles. The van der Waals surface area contributed by atoms with Crippen LogP contribution in [0.15, 0.2) is 22.7 Å². The van der Waals surface area contributed by atoms with Crippen molar-refractivity contribution in [2.45, 2.75) is 25.3 Å². The fraction of sp³-hybridized carbons (Fsp3) is 0.467. The van der Waals surface area contributed by atoms with E-state index in [1.54, 1.807) is 0 Å². The number of carbonyl (C=O) groups excluding carboxylic acids is 2. The zero-order valence-corrected chi connectivity index (χ0v) is 13.7. The molecule has 0 radical (unpaired) electrons. The van der Waals surface area contributed by atoms with Gasteiger partial charge >= 0.3 is 0 Å². The van der Waals surface area contributed by atoms with E-state index in [1.807, 2.05) is 0 Å². The molecule has 1 aromatic carbocycles. The molecule has 3 N–H and O–H groups in total. The summed E-state index contributed by atoms with van der Waals surface area (Å²) in [6, 6.07) is 4.07. The maximum Gasteiger partial charge on any atom is 0.252 e. The minimum atomic E-state index is -0.476. The van der Waals surface area contributed by atoms with Gasteiger partial charge in [-0.2, -0.15) is 0 Å². The smallest absolute Gasteiger partial charge is 0.252 e. The summed E-state index contributed by atoms with van der Waals surface area (Å²) in [7, 11) is 0. The molecule has 0 bridgehead atoms. The molecule has 0 unspecified atom stereocenters.